The number of nitrogens with zero attached hydrogens (tertiary/aromatic N) is 2. The quantitative estimate of drug-likeness (QED) is 0.607. The van der Waals surface area contributed by atoms with Gasteiger partial charge in [-0.25, -0.2) is 4.98 Å². The Morgan fingerprint density at radius 3 is 2.85 bits per heavy atom. The van der Waals surface area contributed by atoms with Crippen LogP contribution >= 0.6 is 11.8 Å². The number of hydrogen-bond acceptors (Lipinski definition) is 5. The number of hydrogen-bond donors (Lipinski definition) is 2. The highest BCUT2D eigenvalue weighted by molar-refractivity contribution is 7.99. The van der Waals surface area contributed by atoms with Gasteiger partial charge in [0.1, 0.15) is 0 Å². The lowest BCUT2D eigenvalue weighted by atomic mass is 10.1. The molecule has 142 valence electrons. The zero-order valence-corrected chi connectivity index (χ0v) is 16.5. The summed E-state index contributed by atoms with van der Waals surface area (Å²) in [5, 5.41) is 3.43. The summed E-state index contributed by atoms with van der Waals surface area (Å²) in [5.41, 5.74) is 4.72. The van der Waals surface area contributed by atoms with Crippen LogP contribution in [0, 0.1) is 6.92 Å². The van der Waals surface area contributed by atoms with Crippen molar-refractivity contribution in [3.8, 4) is 0 Å². The molecule has 6 heteroatoms. The highest BCUT2D eigenvalue weighted by atomic mass is 32.2. The molecule has 1 aliphatic heterocycles. The average Bonchev–Trinajstić information content (AvgIpc) is 3.12. The van der Waals surface area contributed by atoms with Gasteiger partial charge in [0.25, 0.3) is 0 Å². The molecule has 1 saturated heterocycles. The monoisotopic (exact) mass is 382 g/mol. The third-order valence-corrected chi connectivity index (χ3v) is 6.14. The Kier molecular flexibility index (Phi) is 5.97. The van der Waals surface area contributed by atoms with Crippen LogP contribution in [0.4, 0.5) is 5.95 Å². The molecule has 2 N–H and O–H groups in total. The van der Waals surface area contributed by atoms with Crippen molar-refractivity contribution in [3.63, 3.8) is 0 Å². The van der Waals surface area contributed by atoms with E-state index < -0.39 is 0 Å². The second-order valence-corrected chi connectivity index (χ2v) is 7.94. The molecule has 0 spiro atoms. The maximum atomic E-state index is 5.42. The highest BCUT2D eigenvalue weighted by Gasteiger charge is 2.11. The molecular formula is C21H26N4OS. The number of thioether (sulfide) groups is 1. The van der Waals surface area contributed by atoms with Gasteiger partial charge in [0.15, 0.2) is 0 Å². The molecule has 4 rings (SSSR count). The second-order valence-electron chi connectivity index (χ2n) is 6.80. The van der Waals surface area contributed by atoms with Gasteiger partial charge in [0.05, 0.1) is 24.2 Å². The largest absolute Gasteiger partial charge is 0.379 e. The van der Waals surface area contributed by atoms with Crippen LogP contribution in [0.3, 0.4) is 0 Å². The lowest BCUT2D eigenvalue weighted by Crippen LogP contribution is -2.37. The smallest absolute Gasteiger partial charge is 0.201 e. The lowest BCUT2D eigenvalue weighted by Gasteiger charge is -2.26. The van der Waals surface area contributed by atoms with E-state index in [1.54, 1.807) is 0 Å². The predicted octanol–water partition coefficient (Wildman–Crippen LogP) is 3.91. The summed E-state index contributed by atoms with van der Waals surface area (Å²) in [6, 6.07) is 14.7. The third kappa shape index (κ3) is 4.64. The number of aromatic nitrogens is 2. The molecule has 2 heterocycles. The zero-order valence-electron chi connectivity index (χ0n) is 15.7. The molecular weight excluding hydrogens is 356 g/mol. The van der Waals surface area contributed by atoms with E-state index in [-0.39, 0.29) is 0 Å². The average molecular weight is 383 g/mol. The first-order valence-electron chi connectivity index (χ1n) is 9.49. The zero-order chi connectivity index (χ0) is 18.5. The number of fused-ring (bicyclic) bond motifs is 1. The van der Waals surface area contributed by atoms with Crippen molar-refractivity contribution >= 4 is 28.7 Å². The number of benzene rings is 2. The molecule has 1 aliphatic rings. The van der Waals surface area contributed by atoms with E-state index >= 15 is 0 Å². The number of anilines is 1. The van der Waals surface area contributed by atoms with E-state index in [4.69, 9.17) is 4.74 Å². The molecule has 27 heavy (non-hydrogen) atoms. The first kappa shape index (κ1) is 18.3. The summed E-state index contributed by atoms with van der Waals surface area (Å²) < 4.78 is 5.42. The number of para-hydroxylation sites is 2. The lowest BCUT2D eigenvalue weighted by molar-refractivity contribution is 0.0410. The SMILES string of the molecule is Cc1c(CNc2nc3ccccc3[nH]2)cccc1SCCN1CCOCC1. The summed E-state index contributed by atoms with van der Waals surface area (Å²) in [5.74, 6) is 1.93. The van der Waals surface area contributed by atoms with Crippen LogP contribution in [0.2, 0.25) is 0 Å². The minimum atomic E-state index is 0.767. The molecule has 2 aromatic carbocycles. The number of morpholine rings is 1. The summed E-state index contributed by atoms with van der Waals surface area (Å²) in [7, 11) is 0. The van der Waals surface area contributed by atoms with Gasteiger partial charge in [-0.2, -0.15) is 0 Å². The van der Waals surface area contributed by atoms with Crippen molar-refractivity contribution in [2.45, 2.75) is 18.4 Å². The van der Waals surface area contributed by atoms with Crippen LogP contribution in [0.15, 0.2) is 47.4 Å². The summed E-state index contributed by atoms with van der Waals surface area (Å²) in [6.07, 6.45) is 0. The first-order chi connectivity index (χ1) is 13.3. The first-order valence-corrected chi connectivity index (χ1v) is 10.5. The molecule has 1 fully saturated rings. The topological polar surface area (TPSA) is 53.2 Å². The van der Waals surface area contributed by atoms with Crippen molar-refractivity contribution < 1.29 is 4.74 Å². The van der Waals surface area contributed by atoms with E-state index in [1.807, 2.05) is 36.0 Å². The molecule has 0 amide bonds. The van der Waals surface area contributed by atoms with Crippen molar-refractivity contribution in [3.05, 3.63) is 53.6 Å². The fraction of sp³-hybridized carbons (Fsp3) is 0.381. The third-order valence-electron chi connectivity index (χ3n) is 5.00. The van der Waals surface area contributed by atoms with E-state index in [2.05, 4.69) is 45.3 Å². The second kappa shape index (κ2) is 8.78. The Balaban J connectivity index is 1.34. The number of rotatable bonds is 7. The Bertz CT molecular complexity index is 856. The molecule has 5 nitrogen and oxygen atoms in total. The van der Waals surface area contributed by atoms with Crippen LogP contribution in [-0.2, 0) is 11.3 Å². The molecule has 0 aliphatic carbocycles. The van der Waals surface area contributed by atoms with E-state index in [9.17, 15) is 0 Å². The molecule has 0 unspecified atom stereocenters. The van der Waals surface area contributed by atoms with Gasteiger partial charge in [-0.15, -0.1) is 11.8 Å². The molecule has 0 atom stereocenters. The van der Waals surface area contributed by atoms with Gasteiger partial charge < -0.3 is 15.0 Å². The highest BCUT2D eigenvalue weighted by Crippen LogP contribution is 2.25. The van der Waals surface area contributed by atoms with E-state index in [0.29, 0.717) is 0 Å². The van der Waals surface area contributed by atoms with Gasteiger partial charge in [0, 0.05) is 36.8 Å². The number of H-pyrrole nitrogens is 1. The molecule has 0 saturated carbocycles. The van der Waals surface area contributed by atoms with Crippen molar-refractivity contribution in [1.82, 2.24) is 14.9 Å². The standard InChI is InChI=1S/C21H26N4OS/c1-16-17(15-22-21-23-18-6-2-3-7-19(18)24-21)5-4-8-20(16)27-14-11-25-9-12-26-13-10-25/h2-8H,9-15H2,1H3,(H2,22,23,24). The summed E-state index contributed by atoms with van der Waals surface area (Å²) in [4.78, 5) is 11.8. The number of ether oxygens (including phenoxy) is 1. The van der Waals surface area contributed by atoms with Crippen LogP contribution in [-0.4, -0.2) is 53.5 Å². The van der Waals surface area contributed by atoms with Crippen molar-refractivity contribution in [2.24, 2.45) is 0 Å². The summed E-state index contributed by atoms with van der Waals surface area (Å²) >= 11 is 1.95. The Labute approximate surface area is 164 Å². The van der Waals surface area contributed by atoms with Gasteiger partial charge in [-0.3, -0.25) is 4.90 Å². The van der Waals surface area contributed by atoms with Crippen molar-refractivity contribution in [2.75, 3.05) is 43.9 Å². The molecule has 0 bridgehead atoms. The normalized spacial score (nSPS) is 15.3. The van der Waals surface area contributed by atoms with Gasteiger partial charge in [0.2, 0.25) is 5.95 Å². The van der Waals surface area contributed by atoms with Crippen molar-refractivity contribution in [1.29, 1.82) is 0 Å². The van der Waals surface area contributed by atoms with Gasteiger partial charge in [-0.05, 0) is 36.2 Å². The number of imidazole rings is 1. The Morgan fingerprint density at radius 2 is 2.00 bits per heavy atom. The molecule has 1 aromatic heterocycles. The van der Waals surface area contributed by atoms with Crippen LogP contribution in [0.1, 0.15) is 11.1 Å². The Morgan fingerprint density at radius 1 is 1.15 bits per heavy atom. The van der Waals surface area contributed by atoms with Crippen LogP contribution in [0.25, 0.3) is 11.0 Å². The minimum absolute atomic E-state index is 0.767. The van der Waals surface area contributed by atoms with Gasteiger partial charge in [-0.1, -0.05) is 24.3 Å². The van der Waals surface area contributed by atoms with E-state index in [0.717, 1.165) is 62.1 Å². The fourth-order valence-electron chi connectivity index (χ4n) is 3.33. The van der Waals surface area contributed by atoms with Crippen LogP contribution in [0.5, 0.6) is 0 Å². The number of nitrogens with one attached hydrogen (secondary N) is 2. The predicted molar refractivity (Wildman–Crippen MR) is 113 cm³/mol. The molecule has 0 radical (unpaired) electrons. The van der Waals surface area contributed by atoms with Crippen LogP contribution < -0.4 is 5.32 Å². The maximum Gasteiger partial charge on any atom is 0.201 e. The Hall–Kier alpha value is -2.02. The summed E-state index contributed by atoms with van der Waals surface area (Å²) in [6.45, 7) is 7.95. The fourth-order valence-corrected chi connectivity index (χ4v) is 4.42. The number of aromatic amines is 1. The maximum absolute atomic E-state index is 5.42. The molecule has 3 aromatic rings. The van der Waals surface area contributed by atoms with Gasteiger partial charge >= 0.3 is 0 Å². The minimum Gasteiger partial charge on any atom is -0.379 e. The van der Waals surface area contributed by atoms with E-state index in [1.165, 1.54) is 16.0 Å².